The Morgan fingerprint density at radius 1 is 0.893 bits per heavy atom. The second-order valence-electron chi connectivity index (χ2n) is 6.50. The predicted molar refractivity (Wildman–Crippen MR) is 113 cm³/mol. The Hall–Kier alpha value is -0.730. The number of carbonyl (C=O) groups excluding carboxylic acids is 1. The largest absolute Gasteiger partial charge is 0.466 e. The lowest BCUT2D eigenvalue weighted by Gasteiger charge is -2.16. The third kappa shape index (κ3) is 36.2. The van der Waals surface area contributed by atoms with E-state index in [0.29, 0.717) is 19.8 Å². The minimum Gasteiger partial charge on any atom is -0.466 e. The highest BCUT2D eigenvalue weighted by Crippen LogP contribution is 1.98. The first-order valence-electron chi connectivity index (χ1n) is 10.5. The van der Waals surface area contributed by atoms with Gasteiger partial charge in [-0.3, -0.25) is 4.79 Å². The highest BCUT2D eigenvalue weighted by atomic mass is 16.5. The average molecular weight is 411 g/mol. The summed E-state index contributed by atoms with van der Waals surface area (Å²) in [5, 5.41) is 17.6. The molecule has 0 bridgehead atoms. The Balaban J connectivity index is -0.000000368. The maximum atomic E-state index is 10.3. The number of rotatable bonds is 14. The number of hydrogen-bond acceptors (Lipinski definition) is 7. The smallest absolute Gasteiger partial charge is 0.302 e. The summed E-state index contributed by atoms with van der Waals surface area (Å²) >= 11 is 0. The molecule has 0 heterocycles. The summed E-state index contributed by atoms with van der Waals surface area (Å²) in [6.07, 6.45) is 3.98. The molecule has 0 radical (unpaired) electrons. The highest BCUT2D eigenvalue weighted by molar-refractivity contribution is 5.65. The van der Waals surface area contributed by atoms with E-state index in [0.717, 1.165) is 19.6 Å². The van der Waals surface area contributed by atoms with Gasteiger partial charge >= 0.3 is 5.97 Å². The molecule has 0 fully saturated rings. The molecule has 0 aliphatic heterocycles. The van der Waals surface area contributed by atoms with Gasteiger partial charge in [0.25, 0.3) is 0 Å². The van der Waals surface area contributed by atoms with E-state index < -0.39 is 6.10 Å². The van der Waals surface area contributed by atoms with Gasteiger partial charge in [-0.2, -0.15) is 0 Å². The van der Waals surface area contributed by atoms with Gasteiger partial charge in [0, 0.05) is 20.1 Å². The van der Waals surface area contributed by atoms with E-state index in [4.69, 9.17) is 29.2 Å². The maximum absolute atomic E-state index is 10.3. The molecule has 0 aromatic rings. The Kier molecular flexibility index (Phi) is 30.0. The molecule has 3 atom stereocenters. The van der Waals surface area contributed by atoms with E-state index >= 15 is 0 Å². The van der Waals surface area contributed by atoms with Crippen molar-refractivity contribution in [3.8, 4) is 0 Å². The topological polar surface area (TPSA) is 94.5 Å². The van der Waals surface area contributed by atoms with Crippen LogP contribution in [0.25, 0.3) is 0 Å². The second kappa shape index (κ2) is 26.3. The lowest BCUT2D eigenvalue weighted by molar-refractivity contribution is -0.141. The van der Waals surface area contributed by atoms with Gasteiger partial charge in [0.05, 0.1) is 44.7 Å². The van der Waals surface area contributed by atoms with Gasteiger partial charge in [0.1, 0.15) is 0 Å². The van der Waals surface area contributed by atoms with Crippen LogP contribution in [0, 0.1) is 0 Å². The summed E-state index contributed by atoms with van der Waals surface area (Å²) in [4.78, 5) is 10.3. The molecule has 0 aliphatic rings. The summed E-state index contributed by atoms with van der Waals surface area (Å²) in [6, 6.07) is 0. The van der Waals surface area contributed by atoms with Crippen LogP contribution in [0.15, 0.2) is 0 Å². The fourth-order valence-electron chi connectivity index (χ4n) is 1.65. The zero-order valence-corrected chi connectivity index (χ0v) is 19.2. The van der Waals surface area contributed by atoms with Crippen molar-refractivity contribution in [2.24, 2.45) is 0 Å². The lowest BCUT2D eigenvalue weighted by atomic mass is 10.2. The number of unbranched alkanes of at least 4 members (excludes halogenated alkanes) is 3. The van der Waals surface area contributed by atoms with E-state index in [1.54, 1.807) is 13.8 Å². The van der Waals surface area contributed by atoms with Crippen molar-refractivity contribution in [2.45, 2.75) is 92.5 Å². The Morgan fingerprint density at radius 2 is 1.46 bits per heavy atom. The third-order valence-corrected chi connectivity index (χ3v) is 3.21. The average Bonchev–Trinajstić information content (AvgIpc) is 2.65. The van der Waals surface area contributed by atoms with Crippen molar-refractivity contribution in [1.82, 2.24) is 0 Å². The molecule has 28 heavy (non-hydrogen) atoms. The Morgan fingerprint density at radius 3 is 1.86 bits per heavy atom. The normalized spacial score (nSPS) is 13.3. The third-order valence-electron chi connectivity index (χ3n) is 3.21. The zero-order valence-electron chi connectivity index (χ0n) is 19.2. The number of aliphatic hydroxyl groups is 2. The van der Waals surface area contributed by atoms with Crippen LogP contribution >= 0.6 is 0 Å². The Bertz CT molecular complexity index is 296. The van der Waals surface area contributed by atoms with Gasteiger partial charge in [-0.15, -0.1) is 0 Å². The number of esters is 1. The molecule has 0 aromatic heterocycles. The molecule has 0 amide bonds. The molecular weight excluding hydrogens is 364 g/mol. The number of carbonyl (C=O) groups is 1. The van der Waals surface area contributed by atoms with Crippen LogP contribution in [0.1, 0.15) is 74.1 Å². The SMILES string of the molecule is CC(O)COC(C)COC(C)CO.CCCCCCOC(C)=O.CCOCC. The molecule has 2 N–H and O–H groups in total. The van der Waals surface area contributed by atoms with Crippen molar-refractivity contribution in [3.63, 3.8) is 0 Å². The van der Waals surface area contributed by atoms with Gasteiger partial charge in [-0.25, -0.2) is 0 Å². The van der Waals surface area contributed by atoms with Crippen LogP contribution in [0.3, 0.4) is 0 Å². The van der Waals surface area contributed by atoms with Crippen LogP contribution in [0.5, 0.6) is 0 Å². The molecule has 3 unspecified atom stereocenters. The van der Waals surface area contributed by atoms with Gasteiger partial charge in [-0.1, -0.05) is 26.2 Å². The Labute approximate surface area is 172 Å². The summed E-state index contributed by atoms with van der Waals surface area (Å²) in [6.45, 7) is 16.0. The number of ether oxygens (including phenoxy) is 4. The van der Waals surface area contributed by atoms with Crippen molar-refractivity contribution in [2.75, 3.05) is 39.6 Å². The van der Waals surface area contributed by atoms with Gasteiger partial charge in [0.2, 0.25) is 0 Å². The van der Waals surface area contributed by atoms with Crippen LogP contribution in [-0.2, 0) is 23.7 Å². The first-order chi connectivity index (χ1) is 13.2. The van der Waals surface area contributed by atoms with E-state index in [1.807, 2.05) is 20.8 Å². The van der Waals surface area contributed by atoms with Gasteiger partial charge < -0.3 is 29.2 Å². The molecule has 0 aliphatic carbocycles. The van der Waals surface area contributed by atoms with E-state index in [2.05, 4.69) is 6.92 Å². The number of hydrogen-bond donors (Lipinski definition) is 2. The van der Waals surface area contributed by atoms with Crippen LogP contribution < -0.4 is 0 Å². The van der Waals surface area contributed by atoms with Crippen molar-refractivity contribution in [3.05, 3.63) is 0 Å². The molecule has 0 spiro atoms. The summed E-state index contributed by atoms with van der Waals surface area (Å²) in [7, 11) is 0. The molecule has 0 saturated carbocycles. The summed E-state index contributed by atoms with van der Waals surface area (Å²) in [5.41, 5.74) is 0. The summed E-state index contributed by atoms with van der Waals surface area (Å²) < 4.78 is 20.1. The fraction of sp³-hybridized carbons (Fsp3) is 0.952. The van der Waals surface area contributed by atoms with Crippen molar-refractivity contribution in [1.29, 1.82) is 0 Å². The van der Waals surface area contributed by atoms with Gasteiger partial charge in [0.15, 0.2) is 0 Å². The highest BCUT2D eigenvalue weighted by Gasteiger charge is 2.07. The van der Waals surface area contributed by atoms with Gasteiger partial charge in [-0.05, 0) is 41.0 Å². The molecule has 172 valence electrons. The monoisotopic (exact) mass is 410 g/mol. The quantitative estimate of drug-likeness (QED) is 0.335. The zero-order chi connectivity index (χ0) is 22.2. The minimum absolute atomic E-state index is 0.0170. The van der Waals surface area contributed by atoms with Crippen LogP contribution in [0.2, 0.25) is 0 Å². The van der Waals surface area contributed by atoms with Crippen LogP contribution in [0.4, 0.5) is 0 Å². The second-order valence-corrected chi connectivity index (χ2v) is 6.50. The van der Waals surface area contributed by atoms with Crippen molar-refractivity contribution < 1.29 is 34.0 Å². The molecule has 0 rings (SSSR count). The minimum atomic E-state index is -0.447. The maximum Gasteiger partial charge on any atom is 0.302 e. The number of aliphatic hydroxyl groups excluding tert-OH is 2. The predicted octanol–water partition coefficient (Wildman–Crippen LogP) is 3.34. The summed E-state index contributed by atoms with van der Waals surface area (Å²) in [5.74, 6) is -0.170. The molecular formula is C21H46O7. The van der Waals surface area contributed by atoms with E-state index in [1.165, 1.54) is 26.2 Å². The first kappa shape index (κ1) is 31.9. The standard InChI is InChI=1S/C9H20O4.C8H16O2.C4H10O/c1-7(11)5-12-9(3)6-13-8(2)4-10;1-3-4-5-6-7-10-8(2)9;1-3-5-4-2/h7-11H,4-6H2,1-3H3;3-7H2,1-2H3;3-4H2,1-2H3. The van der Waals surface area contributed by atoms with E-state index in [9.17, 15) is 4.79 Å². The van der Waals surface area contributed by atoms with E-state index in [-0.39, 0.29) is 24.8 Å². The molecule has 7 nitrogen and oxygen atoms in total. The van der Waals surface area contributed by atoms with Crippen LogP contribution in [-0.4, -0.2) is 74.1 Å². The lowest BCUT2D eigenvalue weighted by Crippen LogP contribution is -2.24. The fourth-order valence-corrected chi connectivity index (χ4v) is 1.65. The molecule has 0 aromatic carbocycles. The molecule has 0 saturated heterocycles. The first-order valence-corrected chi connectivity index (χ1v) is 10.5. The molecule has 7 heteroatoms. The van der Waals surface area contributed by atoms with Crippen molar-refractivity contribution >= 4 is 5.97 Å².